The van der Waals surface area contributed by atoms with Crippen LogP contribution >= 0.6 is 23.5 Å². The number of thioether (sulfide) groups is 2. The van der Waals surface area contributed by atoms with Gasteiger partial charge in [0.25, 0.3) is 0 Å². The minimum Gasteiger partial charge on any atom is -0.343 e. The molecule has 3 rings (SSSR count). The van der Waals surface area contributed by atoms with Crippen molar-refractivity contribution in [1.82, 2.24) is 0 Å². The topological polar surface area (TPSA) is 18.5 Å². The predicted molar refractivity (Wildman–Crippen MR) is 82.8 cm³/mol. The van der Waals surface area contributed by atoms with Gasteiger partial charge in [-0.2, -0.15) is 23.5 Å². The van der Waals surface area contributed by atoms with Crippen molar-refractivity contribution >= 4 is 23.5 Å². The highest BCUT2D eigenvalue weighted by Crippen LogP contribution is 2.54. The average molecular weight is 296 g/mol. The van der Waals surface area contributed by atoms with E-state index in [1.807, 2.05) is 37.4 Å². The van der Waals surface area contributed by atoms with Crippen LogP contribution in [0.15, 0.2) is 24.3 Å². The van der Waals surface area contributed by atoms with Crippen LogP contribution in [-0.2, 0) is 9.47 Å². The van der Waals surface area contributed by atoms with Gasteiger partial charge in [-0.15, -0.1) is 0 Å². The second-order valence-corrected chi connectivity index (χ2v) is 7.46. The second-order valence-electron chi connectivity index (χ2n) is 5.51. The zero-order valence-electron chi connectivity index (χ0n) is 11.8. The fraction of sp³-hybridized carbons (Fsp3) is 0.600. The lowest BCUT2D eigenvalue weighted by Crippen LogP contribution is -2.37. The van der Waals surface area contributed by atoms with Crippen LogP contribution in [0, 0.1) is 0 Å². The van der Waals surface area contributed by atoms with Gasteiger partial charge in [0.05, 0.1) is 10.5 Å². The Kier molecular flexibility index (Phi) is 3.63. The molecule has 0 saturated carbocycles. The summed E-state index contributed by atoms with van der Waals surface area (Å²) in [4.78, 5) is 0. The summed E-state index contributed by atoms with van der Waals surface area (Å²) in [5.41, 5.74) is 2.83. The molecule has 0 unspecified atom stereocenters. The first-order chi connectivity index (χ1) is 9.07. The molecule has 4 atom stereocenters. The van der Waals surface area contributed by atoms with Crippen LogP contribution in [0.1, 0.15) is 35.5 Å². The van der Waals surface area contributed by atoms with E-state index in [9.17, 15) is 0 Å². The maximum Gasteiger partial charge on any atom is 0.163 e. The quantitative estimate of drug-likeness (QED) is 0.820. The summed E-state index contributed by atoms with van der Waals surface area (Å²) in [5.74, 6) is -0.473. The molecular formula is C15H20O2S2. The zero-order valence-corrected chi connectivity index (χ0v) is 13.4. The zero-order chi connectivity index (χ0) is 13.6. The van der Waals surface area contributed by atoms with Gasteiger partial charge in [0, 0.05) is 0 Å². The Morgan fingerprint density at radius 1 is 0.895 bits per heavy atom. The van der Waals surface area contributed by atoms with Crippen LogP contribution in [0.4, 0.5) is 0 Å². The van der Waals surface area contributed by atoms with E-state index in [1.54, 1.807) is 0 Å². The van der Waals surface area contributed by atoms with Crippen LogP contribution in [0.2, 0.25) is 0 Å². The Bertz CT molecular complexity index is 434. The van der Waals surface area contributed by atoms with E-state index in [4.69, 9.17) is 9.47 Å². The number of ether oxygens (including phenoxy) is 2. The van der Waals surface area contributed by atoms with E-state index < -0.39 is 5.79 Å². The molecule has 1 aliphatic heterocycles. The molecule has 2 nitrogen and oxygen atoms in total. The van der Waals surface area contributed by atoms with Crippen molar-refractivity contribution < 1.29 is 9.47 Å². The standard InChI is InChI=1S/C15H20O2S2/c1-15(2)16-11-12(17-15)14(19-4)10-8-6-5-7-9(10)13(11)18-3/h5-8,11-14H,1-4H3/t11-,12+,13-,14+. The van der Waals surface area contributed by atoms with Gasteiger partial charge in [-0.1, -0.05) is 24.3 Å². The Labute approximate surface area is 123 Å². The van der Waals surface area contributed by atoms with Crippen LogP contribution in [-0.4, -0.2) is 30.5 Å². The van der Waals surface area contributed by atoms with Gasteiger partial charge in [0.1, 0.15) is 12.2 Å². The molecule has 4 heteroatoms. The van der Waals surface area contributed by atoms with Crippen LogP contribution in [0.25, 0.3) is 0 Å². The third-order valence-electron chi connectivity index (χ3n) is 3.88. The van der Waals surface area contributed by atoms with E-state index in [1.165, 1.54) is 11.1 Å². The third kappa shape index (κ3) is 2.23. The molecule has 0 radical (unpaired) electrons. The molecule has 0 bridgehead atoms. The summed E-state index contributed by atoms with van der Waals surface area (Å²) in [6, 6.07) is 8.73. The fourth-order valence-electron chi connectivity index (χ4n) is 3.19. The number of rotatable bonds is 2. The molecule has 1 fully saturated rings. The maximum absolute atomic E-state index is 6.19. The third-order valence-corrected chi connectivity index (χ3v) is 5.94. The summed E-state index contributed by atoms with van der Waals surface area (Å²) in [5, 5.41) is 0.734. The Morgan fingerprint density at radius 3 is 1.68 bits per heavy atom. The lowest BCUT2D eigenvalue weighted by Gasteiger charge is -2.37. The molecule has 0 spiro atoms. The highest BCUT2D eigenvalue weighted by molar-refractivity contribution is 7.99. The fourth-order valence-corrected chi connectivity index (χ4v) is 5.09. The molecule has 19 heavy (non-hydrogen) atoms. The molecule has 0 aromatic heterocycles. The average Bonchev–Trinajstić information content (AvgIpc) is 2.70. The first-order valence-corrected chi connectivity index (χ1v) is 9.15. The number of hydrogen-bond donors (Lipinski definition) is 0. The van der Waals surface area contributed by atoms with E-state index >= 15 is 0 Å². The Balaban J connectivity index is 2.08. The van der Waals surface area contributed by atoms with Gasteiger partial charge in [-0.3, -0.25) is 0 Å². The largest absolute Gasteiger partial charge is 0.343 e. The van der Waals surface area contributed by atoms with Gasteiger partial charge in [-0.25, -0.2) is 0 Å². The van der Waals surface area contributed by atoms with Crippen LogP contribution in [0.3, 0.4) is 0 Å². The first kappa shape index (κ1) is 13.8. The number of benzene rings is 1. The highest BCUT2D eigenvalue weighted by Gasteiger charge is 2.52. The van der Waals surface area contributed by atoms with E-state index in [-0.39, 0.29) is 12.2 Å². The molecule has 0 amide bonds. The summed E-state index contributed by atoms with van der Waals surface area (Å²) in [6.07, 6.45) is 4.62. The molecule has 0 N–H and O–H groups in total. The smallest absolute Gasteiger partial charge is 0.163 e. The van der Waals surface area contributed by atoms with E-state index in [0.29, 0.717) is 10.5 Å². The summed E-state index contributed by atoms with van der Waals surface area (Å²) >= 11 is 3.73. The van der Waals surface area contributed by atoms with Gasteiger partial charge >= 0.3 is 0 Å². The van der Waals surface area contributed by atoms with Crippen molar-refractivity contribution in [3.63, 3.8) is 0 Å². The van der Waals surface area contributed by atoms with Crippen molar-refractivity contribution in [3.8, 4) is 0 Å². The maximum atomic E-state index is 6.19. The molecule has 1 aromatic carbocycles. The Hall–Kier alpha value is -0.160. The lowest BCUT2D eigenvalue weighted by atomic mass is 9.87. The predicted octanol–water partition coefficient (Wildman–Crippen LogP) is 4.03. The molecule has 104 valence electrons. The highest BCUT2D eigenvalue weighted by atomic mass is 32.2. The van der Waals surface area contributed by atoms with Crippen LogP contribution < -0.4 is 0 Å². The summed E-state index contributed by atoms with van der Waals surface area (Å²) < 4.78 is 12.4. The Morgan fingerprint density at radius 2 is 1.32 bits per heavy atom. The molecule has 1 aromatic rings. The van der Waals surface area contributed by atoms with Gasteiger partial charge in [0.15, 0.2) is 5.79 Å². The molecule has 1 saturated heterocycles. The van der Waals surface area contributed by atoms with Crippen molar-refractivity contribution in [2.45, 2.75) is 42.3 Å². The number of hydrogen-bond acceptors (Lipinski definition) is 4. The summed E-state index contributed by atoms with van der Waals surface area (Å²) in [6.45, 7) is 4.04. The van der Waals surface area contributed by atoms with Crippen molar-refractivity contribution in [1.29, 1.82) is 0 Å². The van der Waals surface area contributed by atoms with Crippen molar-refractivity contribution in [3.05, 3.63) is 35.4 Å². The molecule has 2 aliphatic rings. The van der Waals surface area contributed by atoms with Crippen molar-refractivity contribution in [2.75, 3.05) is 12.5 Å². The lowest BCUT2D eigenvalue weighted by molar-refractivity contribution is -0.145. The minimum absolute atomic E-state index is 0.150. The van der Waals surface area contributed by atoms with Crippen LogP contribution in [0.5, 0.6) is 0 Å². The molecular weight excluding hydrogens is 276 g/mol. The number of fused-ring (bicyclic) bond motifs is 2. The normalized spacial score (nSPS) is 35.8. The minimum atomic E-state index is -0.473. The molecule has 1 aliphatic carbocycles. The first-order valence-electron chi connectivity index (χ1n) is 6.57. The monoisotopic (exact) mass is 296 g/mol. The molecule has 1 heterocycles. The van der Waals surface area contributed by atoms with Gasteiger partial charge in [-0.05, 0) is 37.5 Å². The SMILES string of the molecule is CS[C@@H]1c2ccccc2[C@H](SC)[C@H]2OC(C)(C)O[C@H]21. The van der Waals surface area contributed by atoms with E-state index in [0.717, 1.165) is 0 Å². The van der Waals surface area contributed by atoms with E-state index in [2.05, 4.69) is 36.8 Å². The van der Waals surface area contributed by atoms with Gasteiger partial charge < -0.3 is 9.47 Å². The van der Waals surface area contributed by atoms with Gasteiger partial charge in [0.2, 0.25) is 0 Å². The van der Waals surface area contributed by atoms with Crippen molar-refractivity contribution in [2.24, 2.45) is 0 Å². The second kappa shape index (κ2) is 4.99. The summed E-state index contributed by atoms with van der Waals surface area (Å²) in [7, 11) is 0.